The van der Waals surface area contributed by atoms with Gasteiger partial charge in [0.05, 0.1) is 17.6 Å². The molecular weight excluding hydrogens is 310 g/mol. The Labute approximate surface area is 148 Å². The number of hydrogen-bond donors (Lipinski definition) is 1. The fourth-order valence-corrected chi connectivity index (χ4v) is 2.82. The first-order chi connectivity index (χ1) is 11.9. The van der Waals surface area contributed by atoms with E-state index < -0.39 is 5.41 Å². The third kappa shape index (κ3) is 4.08. The van der Waals surface area contributed by atoms with Gasteiger partial charge in [0, 0.05) is 12.0 Å². The number of amides is 1. The lowest BCUT2D eigenvalue weighted by molar-refractivity contribution is -0.128. The van der Waals surface area contributed by atoms with E-state index in [1.165, 1.54) is 5.56 Å². The average Bonchev–Trinajstić information content (AvgIpc) is 2.95. The fourth-order valence-electron chi connectivity index (χ4n) is 2.82. The summed E-state index contributed by atoms with van der Waals surface area (Å²) in [5.74, 6) is 0.934. The van der Waals surface area contributed by atoms with E-state index in [1.807, 2.05) is 45.0 Å². The van der Waals surface area contributed by atoms with Crippen molar-refractivity contribution in [2.24, 2.45) is 5.41 Å². The maximum absolute atomic E-state index is 12.2. The number of imidazole rings is 1. The summed E-state index contributed by atoms with van der Waals surface area (Å²) in [5, 5.41) is 3.02. The lowest BCUT2D eigenvalue weighted by Crippen LogP contribution is -2.35. The van der Waals surface area contributed by atoms with Gasteiger partial charge in [-0.1, -0.05) is 63.2 Å². The molecule has 0 aliphatic heterocycles. The number of fused-ring (bicyclic) bond motifs is 1. The summed E-state index contributed by atoms with van der Waals surface area (Å²) in [7, 11) is 0. The quantitative estimate of drug-likeness (QED) is 0.767. The van der Waals surface area contributed by atoms with Crippen molar-refractivity contribution in [1.82, 2.24) is 14.9 Å². The molecule has 25 heavy (non-hydrogen) atoms. The molecule has 3 rings (SSSR count). The van der Waals surface area contributed by atoms with Gasteiger partial charge in [-0.2, -0.15) is 0 Å². The molecule has 0 unspecified atom stereocenters. The first kappa shape index (κ1) is 17.2. The van der Waals surface area contributed by atoms with E-state index in [0.29, 0.717) is 6.54 Å². The van der Waals surface area contributed by atoms with E-state index in [0.717, 1.165) is 29.8 Å². The third-order valence-corrected chi connectivity index (χ3v) is 4.29. The Kier molecular flexibility index (Phi) is 4.88. The van der Waals surface area contributed by atoms with Crippen LogP contribution >= 0.6 is 0 Å². The van der Waals surface area contributed by atoms with Crippen molar-refractivity contribution < 1.29 is 4.79 Å². The Balaban J connectivity index is 1.83. The zero-order chi connectivity index (χ0) is 17.9. The molecule has 0 spiro atoms. The van der Waals surface area contributed by atoms with E-state index in [-0.39, 0.29) is 5.91 Å². The summed E-state index contributed by atoms with van der Waals surface area (Å²) in [5.41, 5.74) is 2.97. The summed E-state index contributed by atoms with van der Waals surface area (Å²) in [4.78, 5) is 16.9. The highest BCUT2D eigenvalue weighted by atomic mass is 16.2. The topological polar surface area (TPSA) is 46.9 Å². The number of aryl methyl sites for hydroxylation is 2. The van der Waals surface area contributed by atoms with Crippen LogP contribution in [0, 0.1) is 5.41 Å². The number of nitrogens with zero attached hydrogens (tertiary/aromatic N) is 2. The SMILES string of the molecule is CC(C)(C)C(=O)NCc1nc2ccccc2n1CCc1ccccc1. The predicted molar refractivity (Wildman–Crippen MR) is 101 cm³/mol. The highest BCUT2D eigenvalue weighted by molar-refractivity contribution is 5.81. The van der Waals surface area contributed by atoms with Crippen LogP contribution in [0.4, 0.5) is 0 Å². The highest BCUT2D eigenvalue weighted by Gasteiger charge is 2.21. The molecule has 0 bridgehead atoms. The maximum atomic E-state index is 12.2. The van der Waals surface area contributed by atoms with Crippen LogP contribution in [0.2, 0.25) is 0 Å². The minimum absolute atomic E-state index is 0.0363. The van der Waals surface area contributed by atoms with Gasteiger partial charge in [-0.15, -0.1) is 0 Å². The Morgan fingerprint density at radius 3 is 2.44 bits per heavy atom. The van der Waals surface area contributed by atoms with E-state index in [1.54, 1.807) is 0 Å². The maximum Gasteiger partial charge on any atom is 0.225 e. The number of nitrogens with one attached hydrogen (secondary N) is 1. The summed E-state index contributed by atoms with van der Waals surface area (Å²) < 4.78 is 2.21. The van der Waals surface area contributed by atoms with E-state index in [4.69, 9.17) is 4.98 Å². The van der Waals surface area contributed by atoms with Gasteiger partial charge in [0.25, 0.3) is 0 Å². The number of benzene rings is 2. The molecule has 1 amide bonds. The van der Waals surface area contributed by atoms with Crippen LogP contribution in [-0.2, 0) is 24.3 Å². The Hall–Kier alpha value is -2.62. The van der Waals surface area contributed by atoms with Gasteiger partial charge in [0.15, 0.2) is 0 Å². The normalized spacial score (nSPS) is 11.6. The Morgan fingerprint density at radius 1 is 1.04 bits per heavy atom. The summed E-state index contributed by atoms with van der Waals surface area (Å²) in [6.07, 6.45) is 0.932. The molecule has 1 N–H and O–H groups in total. The molecule has 0 saturated heterocycles. The molecule has 3 aromatic rings. The zero-order valence-electron chi connectivity index (χ0n) is 15.1. The van der Waals surface area contributed by atoms with Gasteiger partial charge in [-0.25, -0.2) is 4.98 Å². The van der Waals surface area contributed by atoms with Crippen LogP contribution in [0.5, 0.6) is 0 Å². The molecule has 130 valence electrons. The Bertz CT molecular complexity index is 860. The van der Waals surface area contributed by atoms with Gasteiger partial charge in [-0.3, -0.25) is 4.79 Å². The van der Waals surface area contributed by atoms with E-state index in [9.17, 15) is 4.79 Å². The lowest BCUT2D eigenvalue weighted by Gasteiger charge is -2.18. The second-order valence-corrected chi connectivity index (χ2v) is 7.34. The van der Waals surface area contributed by atoms with E-state index in [2.05, 4.69) is 40.2 Å². The van der Waals surface area contributed by atoms with Crippen molar-refractivity contribution in [2.45, 2.75) is 40.3 Å². The number of hydrogen-bond acceptors (Lipinski definition) is 2. The monoisotopic (exact) mass is 335 g/mol. The predicted octanol–water partition coefficient (Wildman–Crippen LogP) is 3.94. The number of para-hydroxylation sites is 2. The Morgan fingerprint density at radius 2 is 1.72 bits per heavy atom. The molecule has 0 aliphatic carbocycles. The van der Waals surface area contributed by atoms with Crippen LogP contribution in [0.3, 0.4) is 0 Å². The fraction of sp³-hybridized carbons (Fsp3) is 0.333. The smallest absolute Gasteiger partial charge is 0.225 e. The van der Waals surface area contributed by atoms with Crippen LogP contribution in [0.1, 0.15) is 32.2 Å². The van der Waals surface area contributed by atoms with Crippen molar-refractivity contribution in [2.75, 3.05) is 0 Å². The van der Waals surface area contributed by atoms with Crippen LogP contribution in [-0.4, -0.2) is 15.5 Å². The minimum atomic E-state index is -0.402. The molecule has 0 radical (unpaired) electrons. The first-order valence-electron chi connectivity index (χ1n) is 8.71. The van der Waals surface area contributed by atoms with E-state index >= 15 is 0 Å². The van der Waals surface area contributed by atoms with Gasteiger partial charge >= 0.3 is 0 Å². The minimum Gasteiger partial charge on any atom is -0.348 e. The molecule has 1 heterocycles. The largest absolute Gasteiger partial charge is 0.348 e. The number of rotatable bonds is 5. The van der Waals surface area contributed by atoms with Crippen molar-refractivity contribution in [1.29, 1.82) is 0 Å². The average molecular weight is 335 g/mol. The summed E-state index contributed by atoms with van der Waals surface area (Å²) in [6.45, 7) is 7.03. The molecule has 4 nitrogen and oxygen atoms in total. The van der Waals surface area contributed by atoms with Crippen LogP contribution in [0.15, 0.2) is 54.6 Å². The van der Waals surface area contributed by atoms with Crippen molar-refractivity contribution >= 4 is 16.9 Å². The molecule has 1 aromatic heterocycles. The molecule has 0 atom stereocenters. The number of carbonyl (C=O) groups is 1. The van der Waals surface area contributed by atoms with Gasteiger partial charge in [0.2, 0.25) is 5.91 Å². The zero-order valence-corrected chi connectivity index (χ0v) is 15.1. The lowest BCUT2D eigenvalue weighted by atomic mass is 9.96. The van der Waals surface area contributed by atoms with Gasteiger partial charge in [-0.05, 0) is 24.1 Å². The van der Waals surface area contributed by atoms with Gasteiger partial charge in [0.1, 0.15) is 5.82 Å². The number of aromatic nitrogens is 2. The standard InChI is InChI=1S/C21H25N3O/c1-21(2,3)20(25)22-15-19-23-17-11-7-8-12-18(17)24(19)14-13-16-9-5-4-6-10-16/h4-12H,13-15H2,1-3H3,(H,22,25). The van der Waals surface area contributed by atoms with Crippen molar-refractivity contribution in [3.05, 3.63) is 66.0 Å². The second kappa shape index (κ2) is 7.09. The molecule has 4 heteroatoms. The highest BCUT2D eigenvalue weighted by Crippen LogP contribution is 2.18. The molecule has 0 fully saturated rings. The first-order valence-corrected chi connectivity index (χ1v) is 8.71. The molecule has 0 aliphatic rings. The molecular formula is C21H25N3O. The van der Waals surface area contributed by atoms with Crippen molar-refractivity contribution in [3.63, 3.8) is 0 Å². The molecule has 0 saturated carbocycles. The summed E-state index contributed by atoms with van der Waals surface area (Å²) in [6, 6.07) is 18.6. The second-order valence-electron chi connectivity index (χ2n) is 7.34. The molecule has 2 aromatic carbocycles. The van der Waals surface area contributed by atoms with Crippen LogP contribution in [0.25, 0.3) is 11.0 Å². The van der Waals surface area contributed by atoms with Gasteiger partial charge < -0.3 is 9.88 Å². The third-order valence-electron chi connectivity index (χ3n) is 4.29. The van der Waals surface area contributed by atoms with Crippen LogP contribution < -0.4 is 5.32 Å². The summed E-state index contributed by atoms with van der Waals surface area (Å²) >= 11 is 0. The van der Waals surface area contributed by atoms with Crippen molar-refractivity contribution in [3.8, 4) is 0 Å². The number of carbonyl (C=O) groups excluding carboxylic acids is 1.